The number of carbonyl (C=O) groups excluding carboxylic acids is 1. The monoisotopic (exact) mass is 425 g/mol. The second kappa shape index (κ2) is 8.52. The predicted octanol–water partition coefficient (Wildman–Crippen LogP) is 4.36. The van der Waals surface area contributed by atoms with Gasteiger partial charge in [-0.1, -0.05) is 49.0 Å². The normalized spacial score (nSPS) is 12.7. The van der Waals surface area contributed by atoms with Crippen molar-refractivity contribution in [2.24, 2.45) is 0 Å². The summed E-state index contributed by atoms with van der Waals surface area (Å²) in [7, 11) is 0. The van der Waals surface area contributed by atoms with Crippen LogP contribution < -0.4 is 5.32 Å². The molecule has 0 aliphatic heterocycles. The lowest BCUT2D eigenvalue weighted by Crippen LogP contribution is -2.47. The van der Waals surface area contributed by atoms with Gasteiger partial charge in [-0.15, -0.1) is 0 Å². The van der Waals surface area contributed by atoms with Gasteiger partial charge < -0.3 is 10.4 Å². The van der Waals surface area contributed by atoms with Crippen LogP contribution in [0.5, 0.6) is 0 Å². The number of imidazole rings is 1. The average molecular weight is 426 g/mol. The van der Waals surface area contributed by atoms with E-state index in [2.05, 4.69) is 46.1 Å². The van der Waals surface area contributed by atoms with Gasteiger partial charge in [0.1, 0.15) is 6.04 Å². The smallest absolute Gasteiger partial charge is 0.325 e. The van der Waals surface area contributed by atoms with Gasteiger partial charge in [-0.25, -0.2) is 4.98 Å². The minimum atomic E-state index is -1.07. The molecule has 2 N–H and O–H groups in total. The van der Waals surface area contributed by atoms with Gasteiger partial charge >= 0.3 is 5.97 Å². The van der Waals surface area contributed by atoms with Crippen LogP contribution in [0.15, 0.2) is 47.8 Å². The number of hydrogen-bond acceptors (Lipinski definition) is 4. The Hall–Kier alpha value is -2.80. The van der Waals surface area contributed by atoms with Crippen LogP contribution in [0, 0.1) is 6.92 Å². The summed E-state index contributed by atoms with van der Waals surface area (Å²) in [6.45, 7) is 9.12. The van der Waals surface area contributed by atoms with E-state index < -0.39 is 16.8 Å². The molecule has 1 heterocycles. The molecule has 3 rings (SSSR count). The second-order valence-electron chi connectivity index (χ2n) is 7.81. The molecule has 7 heteroatoms. The fourth-order valence-electron chi connectivity index (χ4n) is 3.34. The number of hydrogen-bond donors (Lipinski definition) is 2. The number of rotatable bonds is 7. The zero-order valence-corrected chi connectivity index (χ0v) is 18.7. The van der Waals surface area contributed by atoms with E-state index in [9.17, 15) is 9.59 Å². The van der Waals surface area contributed by atoms with Crippen molar-refractivity contribution in [3.05, 3.63) is 53.9 Å². The Balaban J connectivity index is 2.02. The summed E-state index contributed by atoms with van der Waals surface area (Å²) in [6, 6.07) is 11.6. The van der Waals surface area contributed by atoms with E-state index >= 15 is 0 Å². The van der Waals surface area contributed by atoms with Crippen molar-refractivity contribution < 1.29 is 14.7 Å². The zero-order valence-electron chi connectivity index (χ0n) is 17.9. The first-order valence-corrected chi connectivity index (χ1v) is 10.8. The van der Waals surface area contributed by atoms with Crippen LogP contribution >= 0.6 is 11.8 Å². The van der Waals surface area contributed by atoms with Gasteiger partial charge in [0.25, 0.3) is 0 Å². The molecule has 3 aromatic rings. The van der Waals surface area contributed by atoms with Gasteiger partial charge in [0, 0.05) is 17.3 Å². The Morgan fingerprint density at radius 2 is 1.87 bits per heavy atom. The summed E-state index contributed by atoms with van der Waals surface area (Å²) >= 11 is 1.32. The van der Waals surface area contributed by atoms with Gasteiger partial charge in [-0.2, -0.15) is 0 Å². The van der Waals surface area contributed by atoms with Crippen LogP contribution in [0.2, 0.25) is 0 Å². The fraction of sp³-hybridized carbons (Fsp3) is 0.348. The highest BCUT2D eigenvalue weighted by atomic mass is 32.2. The summed E-state index contributed by atoms with van der Waals surface area (Å²) in [5.74, 6) is -1.41. The topological polar surface area (TPSA) is 84.2 Å². The lowest BCUT2D eigenvalue weighted by Gasteiger charge is -2.24. The number of aliphatic carboxylic acids is 1. The van der Waals surface area contributed by atoms with Gasteiger partial charge in [0.2, 0.25) is 5.91 Å². The molecule has 1 aromatic heterocycles. The third kappa shape index (κ3) is 4.21. The summed E-state index contributed by atoms with van der Waals surface area (Å²) in [6.07, 6.45) is 2.74. The number of nitrogens with one attached hydrogen (secondary N) is 1. The largest absolute Gasteiger partial charge is 0.480 e. The standard InChI is InChI=1S/C23H27N3O3S/c1-6-16-11-12-19(18-10-8-7-9-17(16)18)26-14(2)13-24-22(26)30-23(4,5)21(29)25-15(3)20(27)28/h7-13,15H,6H2,1-5H3,(H,25,29)(H,27,28). The predicted molar refractivity (Wildman–Crippen MR) is 120 cm³/mol. The van der Waals surface area contributed by atoms with Crippen molar-refractivity contribution >= 4 is 34.4 Å². The molecule has 2 aromatic carbocycles. The van der Waals surface area contributed by atoms with E-state index in [4.69, 9.17) is 5.11 Å². The number of fused-ring (bicyclic) bond motifs is 1. The van der Waals surface area contributed by atoms with Gasteiger partial charge in [-0.05, 0) is 51.1 Å². The van der Waals surface area contributed by atoms with Crippen LogP contribution in [0.1, 0.15) is 39.0 Å². The van der Waals surface area contributed by atoms with E-state index in [0.29, 0.717) is 5.16 Å². The average Bonchev–Trinajstić information content (AvgIpc) is 3.06. The molecule has 1 unspecified atom stereocenters. The number of thioether (sulfide) groups is 1. The molecule has 158 valence electrons. The zero-order chi connectivity index (χ0) is 22.1. The van der Waals surface area contributed by atoms with Crippen LogP contribution in [0.4, 0.5) is 0 Å². The summed E-state index contributed by atoms with van der Waals surface area (Å²) in [4.78, 5) is 28.4. The minimum Gasteiger partial charge on any atom is -0.480 e. The molecule has 0 bridgehead atoms. The summed E-state index contributed by atoms with van der Waals surface area (Å²) in [5, 5.41) is 14.7. The number of nitrogens with zero attached hydrogens (tertiary/aromatic N) is 2. The van der Waals surface area contributed by atoms with Gasteiger partial charge in [-0.3, -0.25) is 14.2 Å². The first-order chi connectivity index (χ1) is 14.2. The highest BCUT2D eigenvalue weighted by Crippen LogP contribution is 2.36. The Morgan fingerprint density at radius 1 is 1.20 bits per heavy atom. The SMILES string of the molecule is CCc1ccc(-n2c(C)cnc2SC(C)(C)C(=O)NC(C)C(=O)O)c2ccccc12. The lowest BCUT2D eigenvalue weighted by atomic mass is 10.0. The molecule has 0 fully saturated rings. The quantitative estimate of drug-likeness (QED) is 0.550. The summed E-state index contributed by atoms with van der Waals surface area (Å²) in [5.41, 5.74) is 3.25. The maximum absolute atomic E-state index is 12.7. The minimum absolute atomic E-state index is 0.346. The maximum Gasteiger partial charge on any atom is 0.325 e. The third-order valence-corrected chi connectivity index (χ3v) is 6.30. The van der Waals surface area contributed by atoms with E-state index in [1.54, 1.807) is 20.0 Å². The molecule has 6 nitrogen and oxygen atoms in total. The number of benzene rings is 2. The third-order valence-electron chi connectivity index (χ3n) is 5.13. The van der Waals surface area contributed by atoms with Crippen molar-refractivity contribution in [3.63, 3.8) is 0 Å². The number of carboxylic acids is 1. The Labute approximate surface area is 180 Å². The highest BCUT2D eigenvalue weighted by Gasteiger charge is 2.33. The molecule has 0 aliphatic carbocycles. The van der Waals surface area contributed by atoms with Crippen LogP contribution in [-0.4, -0.2) is 37.3 Å². The van der Waals surface area contributed by atoms with Crippen LogP contribution in [0.3, 0.4) is 0 Å². The summed E-state index contributed by atoms with van der Waals surface area (Å²) < 4.78 is 1.15. The van der Waals surface area contributed by atoms with Crippen molar-refractivity contribution in [1.82, 2.24) is 14.9 Å². The molecule has 30 heavy (non-hydrogen) atoms. The van der Waals surface area contributed by atoms with Crippen molar-refractivity contribution in [3.8, 4) is 5.69 Å². The fourth-order valence-corrected chi connectivity index (χ4v) is 4.38. The van der Waals surface area contributed by atoms with E-state index in [1.165, 1.54) is 29.6 Å². The van der Waals surface area contributed by atoms with Crippen molar-refractivity contribution in [1.29, 1.82) is 0 Å². The number of amides is 1. The number of carboxylic acid groups (broad SMARTS) is 1. The van der Waals surface area contributed by atoms with Gasteiger partial charge in [0.05, 0.1) is 10.4 Å². The maximum atomic E-state index is 12.7. The van der Waals surface area contributed by atoms with Crippen LogP contribution in [-0.2, 0) is 16.0 Å². The van der Waals surface area contributed by atoms with E-state index in [1.807, 2.05) is 19.1 Å². The first kappa shape index (κ1) is 21.9. The Morgan fingerprint density at radius 3 is 2.50 bits per heavy atom. The molecule has 1 atom stereocenters. The highest BCUT2D eigenvalue weighted by molar-refractivity contribution is 8.01. The first-order valence-electron chi connectivity index (χ1n) is 9.93. The van der Waals surface area contributed by atoms with Crippen LogP contribution in [0.25, 0.3) is 16.5 Å². The van der Waals surface area contributed by atoms with Crippen molar-refractivity contribution in [2.45, 2.75) is 57.0 Å². The molecular weight excluding hydrogens is 398 g/mol. The Bertz CT molecular complexity index is 1100. The molecule has 1 amide bonds. The molecule has 0 aliphatic rings. The van der Waals surface area contributed by atoms with Crippen molar-refractivity contribution in [2.75, 3.05) is 0 Å². The van der Waals surface area contributed by atoms with Gasteiger partial charge in [0.15, 0.2) is 5.16 Å². The van der Waals surface area contributed by atoms with E-state index in [0.717, 1.165) is 23.2 Å². The molecule has 0 saturated heterocycles. The number of carbonyl (C=O) groups is 2. The lowest BCUT2D eigenvalue weighted by molar-refractivity contribution is -0.141. The van der Waals surface area contributed by atoms with E-state index in [-0.39, 0.29) is 5.91 Å². The molecule has 0 radical (unpaired) electrons. The Kier molecular flexibility index (Phi) is 6.22. The number of aromatic nitrogens is 2. The number of aryl methyl sites for hydroxylation is 2. The molecule has 0 saturated carbocycles. The molecular formula is C23H27N3O3S. The second-order valence-corrected chi connectivity index (χ2v) is 9.40. The molecule has 0 spiro atoms.